The van der Waals surface area contributed by atoms with Gasteiger partial charge in [-0.25, -0.2) is 0 Å². The summed E-state index contributed by atoms with van der Waals surface area (Å²) in [7, 11) is 0. The van der Waals surface area contributed by atoms with Gasteiger partial charge in [0.2, 0.25) is 0 Å². The van der Waals surface area contributed by atoms with E-state index in [1.54, 1.807) is 35.6 Å². The number of carbonyl (C=O) groups is 1. The minimum atomic E-state index is 0.0989. The molecular formula is C16H17ClN2OS. The Morgan fingerprint density at radius 3 is 2.43 bits per heavy atom. The van der Waals surface area contributed by atoms with Gasteiger partial charge in [0.25, 0.3) is 5.91 Å². The topological polar surface area (TPSA) is 23.6 Å². The van der Waals surface area contributed by atoms with Gasteiger partial charge in [-0.3, -0.25) is 9.69 Å². The second-order valence-corrected chi connectivity index (χ2v) is 6.42. The lowest BCUT2D eigenvalue weighted by atomic mass is 10.2. The van der Waals surface area contributed by atoms with E-state index in [1.807, 2.05) is 4.90 Å². The third-order valence-electron chi connectivity index (χ3n) is 3.74. The zero-order valence-corrected chi connectivity index (χ0v) is 13.2. The Labute approximate surface area is 133 Å². The molecule has 0 bridgehead atoms. The number of amides is 1. The van der Waals surface area contributed by atoms with E-state index < -0.39 is 0 Å². The molecule has 3 nitrogen and oxygen atoms in total. The summed E-state index contributed by atoms with van der Waals surface area (Å²) < 4.78 is 0. The van der Waals surface area contributed by atoms with Crippen LogP contribution in [0.3, 0.4) is 0 Å². The SMILES string of the molecule is O=C(c1ccc(Cl)cc1)N1CCN(Cc2ccsc2)CC1. The first-order valence-corrected chi connectivity index (χ1v) is 8.33. The van der Waals surface area contributed by atoms with Gasteiger partial charge in [0, 0.05) is 43.3 Å². The first-order valence-electron chi connectivity index (χ1n) is 7.00. The highest BCUT2D eigenvalue weighted by Gasteiger charge is 2.22. The van der Waals surface area contributed by atoms with Gasteiger partial charge in [0.1, 0.15) is 0 Å². The molecule has 1 saturated heterocycles. The fraction of sp³-hybridized carbons (Fsp3) is 0.312. The predicted octanol–water partition coefficient (Wildman–Crippen LogP) is 3.36. The van der Waals surface area contributed by atoms with Gasteiger partial charge >= 0.3 is 0 Å². The van der Waals surface area contributed by atoms with Gasteiger partial charge < -0.3 is 4.90 Å². The lowest BCUT2D eigenvalue weighted by Crippen LogP contribution is -2.48. The van der Waals surface area contributed by atoms with Gasteiger partial charge in [-0.1, -0.05) is 11.6 Å². The average Bonchev–Trinajstić information content (AvgIpc) is 3.01. The maximum Gasteiger partial charge on any atom is 0.253 e. The van der Waals surface area contributed by atoms with Crippen LogP contribution in [0.2, 0.25) is 5.02 Å². The minimum absolute atomic E-state index is 0.0989. The molecule has 110 valence electrons. The summed E-state index contributed by atoms with van der Waals surface area (Å²) in [5.74, 6) is 0.0989. The number of thiophene rings is 1. The molecule has 1 amide bonds. The van der Waals surface area contributed by atoms with E-state index >= 15 is 0 Å². The highest BCUT2D eigenvalue weighted by Crippen LogP contribution is 2.15. The molecule has 0 saturated carbocycles. The van der Waals surface area contributed by atoms with Gasteiger partial charge in [-0.05, 0) is 46.7 Å². The number of nitrogens with zero attached hydrogens (tertiary/aromatic N) is 2. The van der Waals surface area contributed by atoms with Crippen LogP contribution >= 0.6 is 22.9 Å². The zero-order valence-electron chi connectivity index (χ0n) is 11.7. The average molecular weight is 321 g/mol. The summed E-state index contributed by atoms with van der Waals surface area (Å²) in [5, 5.41) is 4.95. The van der Waals surface area contributed by atoms with Crippen LogP contribution in [0.4, 0.5) is 0 Å². The number of rotatable bonds is 3. The normalized spacial score (nSPS) is 16.1. The van der Waals surface area contributed by atoms with Crippen molar-refractivity contribution < 1.29 is 4.79 Å². The predicted molar refractivity (Wildman–Crippen MR) is 87.0 cm³/mol. The standard InChI is InChI=1S/C16H17ClN2OS/c17-15-3-1-14(2-4-15)16(20)19-8-6-18(7-9-19)11-13-5-10-21-12-13/h1-5,10,12H,6-9,11H2. The maximum absolute atomic E-state index is 12.4. The summed E-state index contributed by atoms with van der Waals surface area (Å²) in [5.41, 5.74) is 2.07. The monoisotopic (exact) mass is 320 g/mol. The van der Waals surface area contributed by atoms with Gasteiger partial charge in [0.05, 0.1) is 0 Å². The summed E-state index contributed by atoms with van der Waals surface area (Å²) in [6.07, 6.45) is 0. The van der Waals surface area contributed by atoms with Crippen LogP contribution in [-0.4, -0.2) is 41.9 Å². The fourth-order valence-electron chi connectivity index (χ4n) is 2.52. The summed E-state index contributed by atoms with van der Waals surface area (Å²) in [4.78, 5) is 16.7. The van der Waals surface area contributed by atoms with Crippen LogP contribution < -0.4 is 0 Å². The third kappa shape index (κ3) is 3.64. The molecule has 5 heteroatoms. The van der Waals surface area contributed by atoms with Crippen molar-refractivity contribution in [2.75, 3.05) is 26.2 Å². The third-order valence-corrected chi connectivity index (χ3v) is 4.72. The van der Waals surface area contributed by atoms with Gasteiger partial charge in [-0.2, -0.15) is 11.3 Å². The van der Waals surface area contributed by atoms with Crippen molar-refractivity contribution in [2.24, 2.45) is 0 Å². The Morgan fingerprint density at radius 1 is 1.10 bits per heavy atom. The highest BCUT2D eigenvalue weighted by atomic mass is 35.5. The molecule has 0 radical (unpaired) electrons. The smallest absolute Gasteiger partial charge is 0.253 e. The molecule has 1 aromatic heterocycles. The van der Waals surface area contributed by atoms with E-state index in [0.29, 0.717) is 10.6 Å². The van der Waals surface area contributed by atoms with Gasteiger partial charge in [0.15, 0.2) is 0 Å². The highest BCUT2D eigenvalue weighted by molar-refractivity contribution is 7.07. The molecule has 1 aliphatic heterocycles. The first-order chi connectivity index (χ1) is 10.2. The largest absolute Gasteiger partial charge is 0.336 e. The number of hydrogen-bond donors (Lipinski definition) is 0. The molecule has 0 unspecified atom stereocenters. The van der Waals surface area contributed by atoms with E-state index in [-0.39, 0.29) is 5.91 Å². The van der Waals surface area contributed by atoms with Gasteiger partial charge in [-0.15, -0.1) is 0 Å². The van der Waals surface area contributed by atoms with E-state index in [2.05, 4.69) is 21.7 Å². The van der Waals surface area contributed by atoms with E-state index in [4.69, 9.17) is 11.6 Å². The lowest BCUT2D eigenvalue weighted by molar-refractivity contribution is 0.0628. The Hall–Kier alpha value is -1.36. The summed E-state index contributed by atoms with van der Waals surface area (Å²) in [6.45, 7) is 4.40. The Bertz CT molecular complexity index is 589. The molecule has 1 aliphatic rings. The minimum Gasteiger partial charge on any atom is -0.336 e. The van der Waals surface area contributed by atoms with Crippen LogP contribution in [0.5, 0.6) is 0 Å². The van der Waals surface area contributed by atoms with Crippen molar-refractivity contribution in [3.63, 3.8) is 0 Å². The van der Waals surface area contributed by atoms with E-state index in [1.165, 1.54) is 5.56 Å². The molecule has 3 rings (SSSR count). The second-order valence-electron chi connectivity index (χ2n) is 5.21. The van der Waals surface area contributed by atoms with Crippen LogP contribution in [-0.2, 0) is 6.54 Å². The van der Waals surface area contributed by atoms with Crippen molar-refractivity contribution in [3.05, 3.63) is 57.2 Å². The molecular weight excluding hydrogens is 304 g/mol. The summed E-state index contributed by atoms with van der Waals surface area (Å²) in [6, 6.07) is 9.28. The molecule has 2 heterocycles. The van der Waals surface area contributed by atoms with E-state index in [0.717, 1.165) is 32.7 Å². The number of piperazine rings is 1. The van der Waals surface area contributed by atoms with Crippen molar-refractivity contribution >= 4 is 28.8 Å². The summed E-state index contributed by atoms with van der Waals surface area (Å²) >= 11 is 7.59. The lowest BCUT2D eigenvalue weighted by Gasteiger charge is -2.34. The van der Waals surface area contributed by atoms with Crippen molar-refractivity contribution in [1.82, 2.24) is 9.80 Å². The molecule has 0 spiro atoms. The molecule has 2 aromatic rings. The molecule has 0 atom stereocenters. The Kier molecular flexibility index (Phi) is 4.58. The molecule has 0 N–H and O–H groups in total. The van der Waals surface area contributed by atoms with Crippen LogP contribution in [0.25, 0.3) is 0 Å². The molecule has 1 aromatic carbocycles. The zero-order chi connectivity index (χ0) is 14.7. The quantitative estimate of drug-likeness (QED) is 0.865. The van der Waals surface area contributed by atoms with Crippen molar-refractivity contribution in [1.29, 1.82) is 0 Å². The maximum atomic E-state index is 12.4. The molecule has 0 aliphatic carbocycles. The number of carbonyl (C=O) groups excluding carboxylic acids is 1. The second kappa shape index (κ2) is 6.60. The number of hydrogen-bond acceptors (Lipinski definition) is 3. The molecule has 1 fully saturated rings. The molecule has 21 heavy (non-hydrogen) atoms. The van der Waals surface area contributed by atoms with Crippen molar-refractivity contribution in [3.8, 4) is 0 Å². The number of halogens is 1. The first kappa shape index (κ1) is 14.6. The fourth-order valence-corrected chi connectivity index (χ4v) is 3.31. The Morgan fingerprint density at radius 2 is 1.81 bits per heavy atom. The van der Waals surface area contributed by atoms with Crippen LogP contribution in [0.1, 0.15) is 15.9 Å². The Balaban J connectivity index is 1.55. The van der Waals surface area contributed by atoms with Crippen LogP contribution in [0.15, 0.2) is 41.1 Å². The van der Waals surface area contributed by atoms with Crippen LogP contribution in [0, 0.1) is 0 Å². The number of benzene rings is 1. The van der Waals surface area contributed by atoms with Crippen molar-refractivity contribution in [2.45, 2.75) is 6.54 Å². The van der Waals surface area contributed by atoms with E-state index in [9.17, 15) is 4.79 Å².